The largest absolute Gasteiger partial charge is 0.497 e. The average Bonchev–Trinajstić information content (AvgIpc) is 2.67. The van der Waals surface area contributed by atoms with Crippen LogP contribution in [0.1, 0.15) is 47.0 Å². The van der Waals surface area contributed by atoms with Crippen molar-refractivity contribution in [3.05, 3.63) is 18.2 Å². The molecule has 1 aliphatic rings. The Morgan fingerprint density at radius 1 is 1.11 bits per heavy atom. The lowest BCUT2D eigenvalue weighted by molar-refractivity contribution is 0.384. The zero-order chi connectivity index (χ0) is 20.6. The SMILES string of the molecule is CCNC(=NCCC(C)(C)C)NC1CCN(c2cc(OC)cc(OC)c2)CC1. The van der Waals surface area contributed by atoms with Crippen molar-refractivity contribution in [1.82, 2.24) is 10.6 Å². The first-order valence-electron chi connectivity index (χ1n) is 10.4. The molecule has 28 heavy (non-hydrogen) atoms. The van der Waals surface area contributed by atoms with E-state index in [1.807, 2.05) is 6.07 Å². The van der Waals surface area contributed by atoms with E-state index in [4.69, 9.17) is 14.5 Å². The molecule has 2 N–H and O–H groups in total. The van der Waals surface area contributed by atoms with Crippen molar-refractivity contribution in [3.63, 3.8) is 0 Å². The highest BCUT2D eigenvalue weighted by molar-refractivity contribution is 5.80. The lowest BCUT2D eigenvalue weighted by atomic mass is 9.92. The molecule has 0 aromatic heterocycles. The Morgan fingerprint density at radius 2 is 1.71 bits per heavy atom. The summed E-state index contributed by atoms with van der Waals surface area (Å²) < 4.78 is 10.8. The summed E-state index contributed by atoms with van der Waals surface area (Å²) in [6.45, 7) is 12.6. The Bertz CT molecular complexity index is 610. The van der Waals surface area contributed by atoms with Gasteiger partial charge in [-0.1, -0.05) is 20.8 Å². The van der Waals surface area contributed by atoms with Gasteiger partial charge < -0.3 is 25.0 Å². The molecule has 0 spiro atoms. The van der Waals surface area contributed by atoms with E-state index in [0.717, 1.165) is 68.6 Å². The minimum atomic E-state index is 0.309. The maximum absolute atomic E-state index is 5.41. The van der Waals surface area contributed by atoms with Gasteiger partial charge in [0.2, 0.25) is 0 Å². The summed E-state index contributed by atoms with van der Waals surface area (Å²) in [4.78, 5) is 7.16. The van der Waals surface area contributed by atoms with Crippen LogP contribution < -0.4 is 25.0 Å². The van der Waals surface area contributed by atoms with Gasteiger partial charge in [-0.05, 0) is 31.6 Å². The van der Waals surface area contributed by atoms with Crippen LogP contribution >= 0.6 is 0 Å². The molecular formula is C22H38N4O2. The number of hydrogen-bond donors (Lipinski definition) is 2. The van der Waals surface area contributed by atoms with E-state index in [0.29, 0.717) is 11.5 Å². The van der Waals surface area contributed by atoms with Crippen LogP contribution in [-0.4, -0.2) is 52.4 Å². The molecule has 158 valence electrons. The van der Waals surface area contributed by atoms with Crippen molar-refractivity contribution < 1.29 is 9.47 Å². The maximum Gasteiger partial charge on any atom is 0.191 e. The van der Waals surface area contributed by atoms with E-state index >= 15 is 0 Å². The van der Waals surface area contributed by atoms with Crippen molar-refractivity contribution in [2.75, 3.05) is 45.3 Å². The van der Waals surface area contributed by atoms with E-state index < -0.39 is 0 Å². The lowest BCUT2D eigenvalue weighted by Gasteiger charge is -2.35. The molecule has 0 bridgehead atoms. The Hall–Kier alpha value is -2.11. The fourth-order valence-corrected chi connectivity index (χ4v) is 3.27. The zero-order valence-electron chi connectivity index (χ0n) is 18.5. The molecule has 0 saturated carbocycles. The summed E-state index contributed by atoms with van der Waals surface area (Å²) >= 11 is 0. The first-order valence-corrected chi connectivity index (χ1v) is 10.4. The second-order valence-corrected chi connectivity index (χ2v) is 8.55. The number of aliphatic imine (C=N–C) groups is 1. The first-order chi connectivity index (χ1) is 13.3. The smallest absolute Gasteiger partial charge is 0.191 e. The topological polar surface area (TPSA) is 58.1 Å². The number of piperidine rings is 1. The van der Waals surface area contributed by atoms with Gasteiger partial charge in [0, 0.05) is 56.1 Å². The molecule has 1 saturated heterocycles. The van der Waals surface area contributed by atoms with Crippen molar-refractivity contribution in [2.45, 2.75) is 53.0 Å². The number of nitrogens with zero attached hydrogens (tertiary/aromatic N) is 2. The third kappa shape index (κ3) is 7.13. The summed E-state index contributed by atoms with van der Waals surface area (Å²) in [6, 6.07) is 6.51. The molecule has 1 aliphatic heterocycles. The predicted octanol–water partition coefficient (Wildman–Crippen LogP) is 3.66. The van der Waals surface area contributed by atoms with Gasteiger partial charge in [0.15, 0.2) is 5.96 Å². The van der Waals surface area contributed by atoms with Gasteiger partial charge in [-0.3, -0.25) is 4.99 Å². The summed E-state index contributed by atoms with van der Waals surface area (Å²) in [5, 5.41) is 7.00. The summed E-state index contributed by atoms with van der Waals surface area (Å²) in [5.41, 5.74) is 1.46. The third-order valence-corrected chi connectivity index (χ3v) is 5.01. The van der Waals surface area contributed by atoms with E-state index in [1.54, 1.807) is 14.2 Å². The van der Waals surface area contributed by atoms with Crippen LogP contribution in [0.2, 0.25) is 0 Å². The standard InChI is InChI=1S/C22H38N4O2/c1-7-23-21(24-11-10-22(2,3)4)25-17-8-12-26(13-9-17)18-14-19(27-5)16-20(15-18)28-6/h14-17H,7-13H2,1-6H3,(H2,23,24,25). The maximum atomic E-state index is 5.41. The van der Waals surface area contributed by atoms with E-state index in [1.165, 1.54) is 0 Å². The quantitative estimate of drug-likeness (QED) is 0.550. The van der Waals surface area contributed by atoms with Gasteiger partial charge in [0.1, 0.15) is 11.5 Å². The van der Waals surface area contributed by atoms with Crippen molar-refractivity contribution in [2.24, 2.45) is 10.4 Å². The molecule has 0 aliphatic carbocycles. The molecule has 0 unspecified atom stereocenters. The Labute approximate surface area is 170 Å². The Balaban J connectivity index is 1.92. The van der Waals surface area contributed by atoms with Crippen LogP contribution in [0.5, 0.6) is 11.5 Å². The van der Waals surface area contributed by atoms with Crippen LogP contribution in [-0.2, 0) is 0 Å². The van der Waals surface area contributed by atoms with Gasteiger partial charge in [-0.2, -0.15) is 0 Å². The lowest BCUT2D eigenvalue weighted by Crippen LogP contribution is -2.48. The van der Waals surface area contributed by atoms with E-state index in [9.17, 15) is 0 Å². The van der Waals surface area contributed by atoms with E-state index in [2.05, 4.69) is 55.4 Å². The monoisotopic (exact) mass is 390 g/mol. The van der Waals surface area contributed by atoms with Gasteiger partial charge in [-0.25, -0.2) is 0 Å². The predicted molar refractivity (Wildman–Crippen MR) is 118 cm³/mol. The number of methoxy groups -OCH3 is 2. The van der Waals surface area contributed by atoms with Gasteiger partial charge in [0.05, 0.1) is 14.2 Å². The summed E-state index contributed by atoms with van der Waals surface area (Å²) in [5.74, 6) is 2.60. The molecule has 1 heterocycles. The first kappa shape index (κ1) is 22.2. The number of nitrogens with one attached hydrogen (secondary N) is 2. The van der Waals surface area contributed by atoms with Gasteiger partial charge >= 0.3 is 0 Å². The number of hydrogen-bond acceptors (Lipinski definition) is 4. The number of rotatable bonds is 7. The average molecular weight is 391 g/mol. The summed E-state index contributed by atoms with van der Waals surface area (Å²) in [7, 11) is 3.38. The molecule has 0 amide bonds. The molecule has 6 heteroatoms. The molecule has 6 nitrogen and oxygen atoms in total. The number of anilines is 1. The second kappa shape index (κ2) is 10.4. The minimum Gasteiger partial charge on any atom is -0.497 e. The molecule has 0 atom stereocenters. The fourth-order valence-electron chi connectivity index (χ4n) is 3.27. The van der Waals surface area contributed by atoms with E-state index in [-0.39, 0.29) is 0 Å². The van der Waals surface area contributed by atoms with Crippen LogP contribution in [0.4, 0.5) is 5.69 Å². The molecule has 0 radical (unpaired) electrons. The van der Waals surface area contributed by atoms with Crippen molar-refractivity contribution in [3.8, 4) is 11.5 Å². The molecular weight excluding hydrogens is 352 g/mol. The van der Waals surface area contributed by atoms with Gasteiger partial charge in [-0.15, -0.1) is 0 Å². The number of guanidine groups is 1. The molecule has 1 aromatic carbocycles. The molecule has 2 rings (SSSR count). The third-order valence-electron chi connectivity index (χ3n) is 5.01. The molecule has 1 aromatic rings. The van der Waals surface area contributed by atoms with Crippen molar-refractivity contribution in [1.29, 1.82) is 0 Å². The van der Waals surface area contributed by atoms with Crippen LogP contribution in [0, 0.1) is 5.41 Å². The summed E-state index contributed by atoms with van der Waals surface area (Å²) in [6.07, 6.45) is 3.23. The normalized spacial score (nSPS) is 16.1. The van der Waals surface area contributed by atoms with Crippen LogP contribution in [0.15, 0.2) is 23.2 Å². The molecule has 1 fully saturated rings. The fraction of sp³-hybridized carbons (Fsp3) is 0.682. The number of ether oxygens (including phenoxy) is 2. The number of benzene rings is 1. The highest BCUT2D eigenvalue weighted by atomic mass is 16.5. The Kier molecular flexibility index (Phi) is 8.27. The second-order valence-electron chi connectivity index (χ2n) is 8.55. The highest BCUT2D eigenvalue weighted by Crippen LogP contribution is 2.30. The van der Waals surface area contributed by atoms with Crippen LogP contribution in [0.25, 0.3) is 0 Å². The van der Waals surface area contributed by atoms with Crippen LogP contribution in [0.3, 0.4) is 0 Å². The minimum absolute atomic E-state index is 0.309. The highest BCUT2D eigenvalue weighted by Gasteiger charge is 2.21. The zero-order valence-corrected chi connectivity index (χ0v) is 18.5. The Morgan fingerprint density at radius 3 is 2.21 bits per heavy atom. The van der Waals surface area contributed by atoms with Crippen molar-refractivity contribution >= 4 is 11.6 Å². The van der Waals surface area contributed by atoms with Gasteiger partial charge in [0.25, 0.3) is 0 Å².